The smallest absolute Gasteiger partial charge is 0.371 e. The quantitative estimate of drug-likeness (QED) is 0.539. The summed E-state index contributed by atoms with van der Waals surface area (Å²) in [6.07, 6.45) is 0.900. The van der Waals surface area contributed by atoms with Gasteiger partial charge >= 0.3 is 6.18 Å². The van der Waals surface area contributed by atoms with Crippen LogP contribution in [-0.4, -0.2) is 27.7 Å². The van der Waals surface area contributed by atoms with Crippen LogP contribution in [0.15, 0.2) is 30.5 Å². The number of piperidine rings is 1. The lowest BCUT2D eigenvalue weighted by molar-refractivity contribution is -0.136. The zero-order valence-electron chi connectivity index (χ0n) is 17.3. The fourth-order valence-corrected chi connectivity index (χ4v) is 5.19. The number of rotatable bonds is 3. The molecular weight excluding hydrogens is 424 g/mol. The molecule has 6 rings (SSSR count). The van der Waals surface area contributed by atoms with Crippen LogP contribution in [0.4, 0.5) is 23.2 Å². The molecule has 0 bridgehead atoms. The second-order valence-corrected chi connectivity index (χ2v) is 9.07. The van der Waals surface area contributed by atoms with Crippen LogP contribution in [0.1, 0.15) is 48.2 Å². The first-order valence-electron chi connectivity index (χ1n) is 11.0. The maximum atomic E-state index is 14.2. The van der Waals surface area contributed by atoms with Gasteiger partial charge in [-0.2, -0.15) is 13.2 Å². The third kappa shape index (κ3) is 3.09. The highest BCUT2D eigenvalue weighted by Crippen LogP contribution is 2.47. The average Bonchev–Trinajstić information content (AvgIpc) is 3.39. The summed E-state index contributed by atoms with van der Waals surface area (Å²) in [5, 5.41) is 8.00. The van der Waals surface area contributed by atoms with E-state index in [9.17, 15) is 17.6 Å². The molecule has 0 atom stereocenters. The minimum absolute atomic E-state index is 0.114. The molecule has 2 aromatic heterocycles. The zero-order valence-corrected chi connectivity index (χ0v) is 17.3. The molecule has 1 saturated carbocycles. The molecule has 1 saturated heterocycles. The van der Waals surface area contributed by atoms with Gasteiger partial charge in [0.1, 0.15) is 17.2 Å². The standard InChI is InChI=1S/C23H22F4N4O/c24-17-3-1-2-16-15(17)13-32-22(16)7-10-30(11-8-22)18-6-9-31-19(12-14-4-5-14)28-29-21(31)20(18)23(25,26)27/h1-3,6,9,14H,4-5,7-8,10-13H2. The van der Waals surface area contributed by atoms with Gasteiger partial charge in [0.25, 0.3) is 0 Å². The Balaban J connectivity index is 1.33. The molecule has 9 heteroatoms. The van der Waals surface area contributed by atoms with Crippen LogP contribution in [0.2, 0.25) is 0 Å². The fourth-order valence-electron chi connectivity index (χ4n) is 5.19. The first kappa shape index (κ1) is 20.0. The monoisotopic (exact) mass is 446 g/mol. The molecular formula is C23H22F4N4O. The Morgan fingerprint density at radius 2 is 1.88 bits per heavy atom. The van der Waals surface area contributed by atoms with Crippen LogP contribution < -0.4 is 4.90 Å². The fraction of sp³-hybridized carbons (Fsp3) is 0.478. The minimum Gasteiger partial charge on any atom is -0.371 e. The lowest BCUT2D eigenvalue weighted by atomic mass is 9.83. The van der Waals surface area contributed by atoms with Gasteiger partial charge in [-0.05, 0) is 49.3 Å². The molecule has 2 aliphatic heterocycles. The first-order chi connectivity index (χ1) is 15.4. The summed E-state index contributed by atoms with van der Waals surface area (Å²) in [5.41, 5.74) is -0.0267. The van der Waals surface area contributed by atoms with E-state index in [1.165, 1.54) is 16.5 Å². The average molecular weight is 446 g/mol. The molecule has 32 heavy (non-hydrogen) atoms. The third-order valence-electron chi connectivity index (χ3n) is 7.09. The second-order valence-electron chi connectivity index (χ2n) is 9.07. The van der Waals surface area contributed by atoms with Crippen molar-refractivity contribution in [3.63, 3.8) is 0 Å². The van der Waals surface area contributed by atoms with E-state index >= 15 is 0 Å². The lowest BCUT2D eigenvalue weighted by Gasteiger charge is -2.41. The van der Waals surface area contributed by atoms with Crippen LogP contribution in [0.25, 0.3) is 5.65 Å². The van der Waals surface area contributed by atoms with Crippen molar-refractivity contribution in [1.29, 1.82) is 0 Å². The van der Waals surface area contributed by atoms with Crippen molar-refractivity contribution in [3.8, 4) is 0 Å². The van der Waals surface area contributed by atoms with Crippen LogP contribution >= 0.6 is 0 Å². The summed E-state index contributed by atoms with van der Waals surface area (Å²) >= 11 is 0. The molecule has 0 unspecified atom stereocenters. The molecule has 0 amide bonds. The lowest BCUT2D eigenvalue weighted by Crippen LogP contribution is -2.43. The minimum atomic E-state index is -4.56. The molecule has 168 valence electrons. The van der Waals surface area contributed by atoms with Crippen molar-refractivity contribution in [1.82, 2.24) is 14.6 Å². The van der Waals surface area contributed by atoms with Crippen molar-refractivity contribution in [3.05, 3.63) is 58.8 Å². The number of fused-ring (bicyclic) bond motifs is 3. The highest BCUT2D eigenvalue weighted by atomic mass is 19.4. The number of hydrogen-bond donors (Lipinski definition) is 0. The predicted molar refractivity (Wildman–Crippen MR) is 109 cm³/mol. The van der Waals surface area contributed by atoms with E-state index in [2.05, 4.69) is 10.2 Å². The first-order valence-corrected chi connectivity index (χ1v) is 11.0. The van der Waals surface area contributed by atoms with Crippen LogP contribution in [0.5, 0.6) is 0 Å². The Bertz CT molecular complexity index is 1190. The number of nitrogens with zero attached hydrogens (tertiary/aromatic N) is 4. The Labute approximate surface area is 182 Å². The number of aromatic nitrogens is 3. The van der Waals surface area contributed by atoms with E-state index in [0.717, 1.165) is 18.4 Å². The summed E-state index contributed by atoms with van der Waals surface area (Å²) in [7, 11) is 0. The number of benzene rings is 1. The predicted octanol–water partition coefficient (Wildman–Crippen LogP) is 4.87. The van der Waals surface area contributed by atoms with Crippen molar-refractivity contribution in [2.45, 2.75) is 50.5 Å². The maximum Gasteiger partial charge on any atom is 0.422 e. The summed E-state index contributed by atoms with van der Waals surface area (Å²) in [6, 6.07) is 6.47. The van der Waals surface area contributed by atoms with Crippen LogP contribution in [0, 0.1) is 11.7 Å². The largest absolute Gasteiger partial charge is 0.422 e. The molecule has 3 aliphatic rings. The Morgan fingerprint density at radius 3 is 2.59 bits per heavy atom. The second kappa shape index (κ2) is 6.91. The number of halogens is 4. The topological polar surface area (TPSA) is 42.7 Å². The summed E-state index contributed by atoms with van der Waals surface area (Å²) in [6.45, 7) is 0.946. The van der Waals surface area contributed by atoms with Gasteiger partial charge in [-0.25, -0.2) is 4.39 Å². The molecule has 1 aromatic carbocycles. The van der Waals surface area contributed by atoms with E-state index in [1.54, 1.807) is 17.2 Å². The molecule has 4 heterocycles. The summed E-state index contributed by atoms with van der Waals surface area (Å²) in [5.74, 6) is 0.782. The van der Waals surface area contributed by atoms with Gasteiger partial charge in [0, 0.05) is 31.3 Å². The van der Waals surface area contributed by atoms with Crippen LogP contribution in [-0.2, 0) is 29.5 Å². The molecule has 0 N–H and O–H groups in total. The Morgan fingerprint density at radius 1 is 1.09 bits per heavy atom. The number of pyridine rings is 1. The van der Waals surface area contributed by atoms with E-state index in [4.69, 9.17) is 4.74 Å². The molecule has 5 nitrogen and oxygen atoms in total. The molecule has 1 spiro atoms. The van der Waals surface area contributed by atoms with Gasteiger partial charge in [0.15, 0.2) is 5.65 Å². The van der Waals surface area contributed by atoms with E-state index in [1.807, 2.05) is 6.07 Å². The van der Waals surface area contributed by atoms with Crippen molar-refractivity contribution in [2.75, 3.05) is 18.0 Å². The molecule has 2 fully saturated rings. The number of anilines is 1. The van der Waals surface area contributed by atoms with Gasteiger partial charge in [-0.15, -0.1) is 10.2 Å². The number of alkyl halides is 3. The van der Waals surface area contributed by atoms with Gasteiger partial charge < -0.3 is 9.64 Å². The zero-order chi connectivity index (χ0) is 22.1. The van der Waals surface area contributed by atoms with Gasteiger partial charge in [0.05, 0.1) is 17.9 Å². The normalized spacial score (nSPS) is 20.3. The summed E-state index contributed by atoms with van der Waals surface area (Å²) < 4.78 is 64.2. The Hall–Kier alpha value is -2.68. The highest BCUT2D eigenvalue weighted by Gasteiger charge is 2.45. The third-order valence-corrected chi connectivity index (χ3v) is 7.09. The van der Waals surface area contributed by atoms with E-state index < -0.39 is 17.3 Å². The number of hydrogen-bond acceptors (Lipinski definition) is 4. The highest BCUT2D eigenvalue weighted by molar-refractivity contribution is 5.67. The van der Waals surface area contributed by atoms with Crippen molar-refractivity contribution >= 4 is 11.3 Å². The number of ether oxygens (including phenoxy) is 1. The molecule has 3 aromatic rings. The molecule has 0 radical (unpaired) electrons. The van der Waals surface area contributed by atoms with Crippen molar-refractivity contribution < 1.29 is 22.3 Å². The Kier molecular flexibility index (Phi) is 4.31. The SMILES string of the molecule is Fc1cccc2c1COC21CCN(c2ccn3c(CC4CC4)nnc3c2C(F)(F)F)CC1. The van der Waals surface area contributed by atoms with Crippen molar-refractivity contribution in [2.24, 2.45) is 5.92 Å². The summed E-state index contributed by atoms with van der Waals surface area (Å²) in [4.78, 5) is 1.74. The van der Waals surface area contributed by atoms with Gasteiger partial charge in [-0.3, -0.25) is 4.40 Å². The maximum absolute atomic E-state index is 14.2. The van der Waals surface area contributed by atoms with E-state index in [0.29, 0.717) is 49.7 Å². The van der Waals surface area contributed by atoms with E-state index in [-0.39, 0.29) is 23.8 Å². The van der Waals surface area contributed by atoms with Gasteiger partial charge in [0.2, 0.25) is 0 Å². The molecule has 1 aliphatic carbocycles. The van der Waals surface area contributed by atoms with Gasteiger partial charge in [-0.1, -0.05) is 12.1 Å². The van der Waals surface area contributed by atoms with Crippen LogP contribution in [0.3, 0.4) is 0 Å².